The number of rotatable bonds is 2. The van der Waals surface area contributed by atoms with Crippen molar-refractivity contribution in [2.75, 3.05) is 26.2 Å². The fourth-order valence-electron chi connectivity index (χ4n) is 2.58. The van der Waals surface area contributed by atoms with Crippen LogP contribution in [0.1, 0.15) is 25.7 Å². The lowest BCUT2D eigenvalue weighted by Crippen LogP contribution is -2.41. The molecule has 1 radical (unpaired) electrons. The van der Waals surface area contributed by atoms with Gasteiger partial charge in [-0.2, -0.15) is 0 Å². The minimum absolute atomic E-state index is 0.246. The van der Waals surface area contributed by atoms with Crippen molar-refractivity contribution in [2.24, 2.45) is 5.41 Å². The fraction of sp³-hybridized carbons (Fsp3) is 0.818. The van der Waals surface area contributed by atoms with Gasteiger partial charge in [0.15, 0.2) is 0 Å². The standard InChI is InChI=1S/C11H19N2O/c1-2-5-13-6-3-11(4-7-13)8-10(14)12-9-11/h1-9H2,(H,12,14). The number of nitrogens with one attached hydrogen (secondary N) is 1. The van der Waals surface area contributed by atoms with Gasteiger partial charge < -0.3 is 10.2 Å². The molecule has 14 heavy (non-hydrogen) atoms. The van der Waals surface area contributed by atoms with Gasteiger partial charge in [0.25, 0.3) is 0 Å². The van der Waals surface area contributed by atoms with E-state index in [9.17, 15) is 4.79 Å². The average Bonchev–Trinajstić information content (AvgIpc) is 2.53. The molecule has 0 unspecified atom stereocenters. The Morgan fingerprint density at radius 2 is 2.14 bits per heavy atom. The van der Waals surface area contributed by atoms with Crippen LogP contribution in [0.25, 0.3) is 0 Å². The maximum atomic E-state index is 11.2. The number of nitrogens with zero attached hydrogens (tertiary/aromatic N) is 1. The molecule has 2 rings (SSSR count). The second kappa shape index (κ2) is 3.89. The summed E-state index contributed by atoms with van der Waals surface area (Å²) in [6, 6.07) is 0. The van der Waals surface area contributed by atoms with Crippen LogP contribution in [0.4, 0.5) is 0 Å². The fourth-order valence-corrected chi connectivity index (χ4v) is 2.58. The minimum atomic E-state index is 0.246. The van der Waals surface area contributed by atoms with Gasteiger partial charge in [0, 0.05) is 13.0 Å². The van der Waals surface area contributed by atoms with Crippen LogP contribution in [0.3, 0.4) is 0 Å². The Morgan fingerprint density at radius 3 is 2.64 bits per heavy atom. The Hall–Kier alpha value is -0.570. The summed E-state index contributed by atoms with van der Waals surface area (Å²) in [6.07, 6.45) is 4.09. The number of carbonyl (C=O) groups excluding carboxylic acids is 1. The van der Waals surface area contributed by atoms with E-state index in [1.54, 1.807) is 0 Å². The van der Waals surface area contributed by atoms with Gasteiger partial charge >= 0.3 is 0 Å². The van der Waals surface area contributed by atoms with Crippen molar-refractivity contribution in [1.82, 2.24) is 10.2 Å². The first-order valence-electron chi connectivity index (χ1n) is 5.52. The monoisotopic (exact) mass is 195 g/mol. The Bertz CT molecular complexity index is 219. The number of carbonyl (C=O) groups is 1. The second-order valence-electron chi connectivity index (χ2n) is 4.65. The molecule has 3 heteroatoms. The molecular weight excluding hydrogens is 176 g/mol. The van der Waals surface area contributed by atoms with Crippen molar-refractivity contribution < 1.29 is 4.79 Å². The molecule has 0 saturated carbocycles. The molecule has 1 N–H and O–H groups in total. The number of piperidine rings is 1. The molecule has 2 fully saturated rings. The van der Waals surface area contributed by atoms with Crippen LogP contribution in [0, 0.1) is 12.3 Å². The maximum Gasteiger partial charge on any atom is 0.220 e. The molecule has 1 amide bonds. The van der Waals surface area contributed by atoms with E-state index < -0.39 is 0 Å². The van der Waals surface area contributed by atoms with E-state index in [1.165, 1.54) is 12.8 Å². The van der Waals surface area contributed by atoms with Crippen molar-refractivity contribution in [3.8, 4) is 0 Å². The topological polar surface area (TPSA) is 32.3 Å². The van der Waals surface area contributed by atoms with Crippen molar-refractivity contribution in [3.05, 3.63) is 6.92 Å². The summed E-state index contributed by atoms with van der Waals surface area (Å²) in [5.74, 6) is 0.246. The zero-order valence-electron chi connectivity index (χ0n) is 8.72. The normalized spacial score (nSPS) is 26.8. The Balaban J connectivity index is 1.86. The third-order valence-corrected chi connectivity index (χ3v) is 3.59. The highest BCUT2D eigenvalue weighted by molar-refractivity contribution is 5.79. The lowest BCUT2D eigenvalue weighted by molar-refractivity contribution is -0.119. The van der Waals surface area contributed by atoms with Crippen LogP contribution >= 0.6 is 0 Å². The molecule has 0 aliphatic carbocycles. The Morgan fingerprint density at radius 1 is 1.43 bits per heavy atom. The molecule has 0 aromatic heterocycles. The van der Waals surface area contributed by atoms with Gasteiger partial charge in [0.1, 0.15) is 0 Å². The number of likely N-dealkylation sites (tertiary alicyclic amines) is 1. The average molecular weight is 195 g/mol. The molecule has 0 bridgehead atoms. The van der Waals surface area contributed by atoms with Crippen molar-refractivity contribution >= 4 is 5.91 Å². The van der Waals surface area contributed by atoms with Crippen LogP contribution in [0.5, 0.6) is 0 Å². The smallest absolute Gasteiger partial charge is 0.220 e. The molecule has 0 atom stereocenters. The van der Waals surface area contributed by atoms with Crippen molar-refractivity contribution in [2.45, 2.75) is 25.7 Å². The molecule has 0 aromatic carbocycles. The van der Waals surface area contributed by atoms with Crippen LogP contribution in [0.2, 0.25) is 0 Å². The molecule has 1 spiro atoms. The lowest BCUT2D eigenvalue weighted by Gasteiger charge is -2.38. The van der Waals surface area contributed by atoms with Crippen LogP contribution in [-0.4, -0.2) is 37.0 Å². The molecule has 79 valence electrons. The van der Waals surface area contributed by atoms with E-state index in [4.69, 9.17) is 0 Å². The SMILES string of the molecule is [CH2]CCN1CCC2(CC1)CNC(=O)C2. The van der Waals surface area contributed by atoms with Crippen molar-refractivity contribution in [1.29, 1.82) is 0 Å². The maximum absolute atomic E-state index is 11.2. The number of hydrogen-bond donors (Lipinski definition) is 1. The molecule has 2 aliphatic heterocycles. The zero-order chi connectivity index (χ0) is 10.0. The van der Waals surface area contributed by atoms with Crippen LogP contribution in [-0.2, 0) is 4.79 Å². The van der Waals surface area contributed by atoms with Gasteiger partial charge in [-0.1, -0.05) is 6.92 Å². The molecular formula is C11H19N2O. The third-order valence-electron chi connectivity index (χ3n) is 3.59. The minimum Gasteiger partial charge on any atom is -0.356 e. The highest BCUT2D eigenvalue weighted by Gasteiger charge is 2.40. The lowest BCUT2D eigenvalue weighted by atomic mass is 9.77. The van der Waals surface area contributed by atoms with Crippen LogP contribution in [0.15, 0.2) is 0 Å². The van der Waals surface area contributed by atoms with Crippen LogP contribution < -0.4 is 5.32 Å². The van der Waals surface area contributed by atoms with E-state index in [0.717, 1.165) is 39.0 Å². The molecule has 2 heterocycles. The van der Waals surface area contributed by atoms with Crippen molar-refractivity contribution in [3.63, 3.8) is 0 Å². The highest BCUT2D eigenvalue weighted by atomic mass is 16.1. The predicted octanol–water partition coefficient (Wildman–Crippen LogP) is 0.813. The molecule has 2 aliphatic rings. The van der Waals surface area contributed by atoms with Gasteiger partial charge in [-0.15, -0.1) is 0 Å². The predicted molar refractivity (Wildman–Crippen MR) is 55.7 cm³/mol. The summed E-state index contributed by atoms with van der Waals surface area (Å²) in [5, 5.41) is 2.96. The van der Waals surface area contributed by atoms with Gasteiger partial charge in [-0.25, -0.2) is 0 Å². The summed E-state index contributed by atoms with van der Waals surface area (Å²) in [7, 11) is 0. The van der Waals surface area contributed by atoms with Gasteiger partial charge in [0.05, 0.1) is 0 Å². The summed E-state index contributed by atoms with van der Waals surface area (Å²) < 4.78 is 0. The Labute approximate surface area is 85.8 Å². The summed E-state index contributed by atoms with van der Waals surface area (Å²) in [5.41, 5.74) is 0.300. The molecule has 3 nitrogen and oxygen atoms in total. The first-order chi connectivity index (χ1) is 6.74. The third kappa shape index (κ3) is 1.92. The summed E-state index contributed by atoms with van der Waals surface area (Å²) >= 11 is 0. The number of amides is 1. The van der Waals surface area contributed by atoms with E-state index in [1.807, 2.05) is 0 Å². The quantitative estimate of drug-likeness (QED) is 0.707. The second-order valence-corrected chi connectivity index (χ2v) is 4.65. The van der Waals surface area contributed by atoms with E-state index in [0.29, 0.717) is 5.41 Å². The van der Waals surface area contributed by atoms with Gasteiger partial charge in [-0.05, 0) is 44.3 Å². The largest absolute Gasteiger partial charge is 0.356 e. The van der Waals surface area contributed by atoms with E-state index in [2.05, 4.69) is 17.1 Å². The molecule has 0 aromatic rings. The zero-order valence-corrected chi connectivity index (χ0v) is 8.72. The molecule has 2 saturated heterocycles. The first-order valence-corrected chi connectivity index (χ1v) is 5.52. The van der Waals surface area contributed by atoms with E-state index >= 15 is 0 Å². The number of hydrogen-bond acceptors (Lipinski definition) is 2. The van der Waals surface area contributed by atoms with Gasteiger partial charge in [-0.3, -0.25) is 4.79 Å². The van der Waals surface area contributed by atoms with Gasteiger partial charge in [0.2, 0.25) is 5.91 Å². The first kappa shape index (κ1) is 9.97. The highest BCUT2D eigenvalue weighted by Crippen LogP contribution is 2.37. The summed E-state index contributed by atoms with van der Waals surface area (Å²) in [4.78, 5) is 13.6. The van der Waals surface area contributed by atoms with E-state index in [-0.39, 0.29) is 5.91 Å². The Kier molecular flexibility index (Phi) is 2.77. The summed E-state index contributed by atoms with van der Waals surface area (Å²) in [6.45, 7) is 8.17.